The van der Waals surface area contributed by atoms with Gasteiger partial charge < -0.3 is 5.32 Å². The molecule has 5 heteroatoms. The summed E-state index contributed by atoms with van der Waals surface area (Å²) >= 11 is 1.95. The zero-order valence-corrected chi connectivity index (χ0v) is 14.5. The lowest BCUT2D eigenvalue weighted by molar-refractivity contribution is 0.473. The fourth-order valence-corrected chi connectivity index (χ4v) is 5.02. The molecule has 0 bridgehead atoms. The van der Waals surface area contributed by atoms with Gasteiger partial charge in [0.2, 0.25) is 0 Å². The van der Waals surface area contributed by atoms with Gasteiger partial charge in [-0.2, -0.15) is 11.8 Å². The van der Waals surface area contributed by atoms with Gasteiger partial charge >= 0.3 is 0 Å². The van der Waals surface area contributed by atoms with Crippen LogP contribution in [-0.2, 0) is 9.84 Å². The van der Waals surface area contributed by atoms with Crippen LogP contribution in [0.25, 0.3) is 0 Å². The van der Waals surface area contributed by atoms with Crippen LogP contribution in [0.3, 0.4) is 0 Å². The maximum absolute atomic E-state index is 12.0. The van der Waals surface area contributed by atoms with Crippen molar-refractivity contribution >= 4 is 27.3 Å². The first kappa shape index (κ1) is 16.7. The van der Waals surface area contributed by atoms with E-state index in [1.165, 1.54) is 25.7 Å². The van der Waals surface area contributed by atoms with Crippen LogP contribution >= 0.6 is 11.8 Å². The van der Waals surface area contributed by atoms with Crippen molar-refractivity contribution in [2.24, 2.45) is 0 Å². The Kier molecular flexibility index (Phi) is 5.99. The predicted molar refractivity (Wildman–Crippen MR) is 92.0 cm³/mol. The second-order valence-electron chi connectivity index (χ2n) is 5.71. The number of nitrogens with one attached hydrogen (secondary N) is 1. The van der Waals surface area contributed by atoms with Crippen LogP contribution in [-0.4, -0.2) is 31.7 Å². The Morgan fingerprint density at radius 3 is 2.57 bits per heavy atom. The zero-order valence-electron chi connectivity index (χ0n) is 12.8. The number of hydrogen-bond acceptors (Lipinski definition) is 4. The Morgan fingerprint density at radius 2 is 1.95 bits per heavy atom. The van der Waals surface area contributed by atoms with E-state index in [9.17, 15) is 8.42 Å². The smallest absolute Gasteiger partial charge is 0.178 e. The highest BCUT2D eigenvalue weighted by molar-refractivity contribution is 7.99. The van der Waals surface area contributed by atoms with Crippen molar-refractivity contribution in [2.45, 2.75) is 55.2 Å². The largest absolute Gasteiger partial charge is 0.382 e. The van der Waals surface area contributed by atoms with Crippen LogP contribution in [0.1, 0.15) is 39.0 Å². The topological polar surface area (TPSA) is 46.2 Å². The third-order valence-corrected chi connectivity index (χ3v) is 7.05. The van der Waals surface area contributed by atoms with E-state index in [1.807, 2.05) is 30.8 Å². The van der Waals surface area contributed by atoms with Gasteiger partial charge in [-0.3, -0.25) is 0 Å². The number of thioether (sulfide) groups is 1. The number of benzene rings is 1. The number of hydrogen-bond donors (Lipinski definition) is 1. The first-order chi connectivity index (χ1) is 10.0. The van der Waals surface area contributed by atoms with Crippen molar-refractivity contribution in [1.82, 2.24) is 0 Å². The Morgan fingerprint density at radius 1 is 1.24 bits per heavy atom. The highest BCUT2D eigenvalue weighted by Crippen LogP contribution is 2.29. The van der Waals surface area contributed by atoms with E-state index in [-0.39, 0.29) is 5.75 Å². The Balaban J connectivity index is 1.99. The molecule has 1 N–H and O–H groups in total. The minimum absolute atomic E-state index is 0.220. The lowest BCUT2D eigenvalue weighted by Crippen LogP contribution is -2.28. The molecule has 1 fully saturated rings. The third kappa shape index (κ3) is 4.65. The monoisotopic (exact) mass is 327 g/mol. The van der Waals surface area contributed by atoms with Crippen LogP contribution in [0.4, 0.5) is 5.69 Å². The summed E-state index contributed by atoms with van der Waals surface area (Å²) in [7, 11) is -3.10. The molecule has 0 amide bonds. The van der Waals surface area contributed by atoms with Gasteiger partial charge in [0.25, 0.3) is 0 Å². The van der Waals surface area contributed by atoms with Crippen molar-refractivity contribution in [3.05, 3.63) is 24.3 Å². The molecule has 0 heterocycles. The summed E-state index contributed by atoms with van der Waals surface area (Å²) in [6.07, 6.45) is 7.81. The molecule has 0 aromatic heterocycles. The summed E-state index contributed by atoms with van der Waals surface area (Å²) in [5, 5.41) is 4.30. The average Bonchev–Trinajstić information content (AvgIpc) is 2.48. The summed E-state index contributed by atoms with van der Waals surface area (Å²) in [6, 6.07) is 7.75. The van der Waals surface area contributed by atoms with E-state index >= 15 is 0 Å². The SMILES string of the molecule is CCCS(=O)(=O)c1ccc(NC2CCCC(SC)C2)cc1. The molecule has 21 heavy (non-hydrogen) atoms. The van der Waals surface area contributed by atoms with Gasteiger partial charge in [0, 0.05) is 17.0 Å². The molecule has 2 rings (SSSR count). The fraction of sp³-hybridized carbons (Fsp3) is 0.625. The molecule has 0 radical (unpaired) electrons. The number of anilines is 1. The Bertz CT molecular complexity index is 540. The number of rotatable bonds is 6. The lowest BCUT2D eigenvalue weighted by Gasteiger charge is -2.29. The molecule has 1 aliphatic rings. The molecule has 0 aliphatic heterocycles. The second-order valence-corrected chi connectivity index (χ2v) is 8.96. The van der Waals surface area contributed by atoms with Crippen molar-refractivity contribution in [3.63, 3.8) is 0 Å². The van der Waals surface area contributed by atoms with Crippen molar-refractivity contribution in [2.75, 3.05) is 17.3 Å². The predicted octanol–water partition coefficient (Wildman–Crippen LogP) is 3.96. The van der Waals surface area contributed by atoms with Gasteiger partial charge in [-0.15, -0.1) is 0 Å². The average molecular weight is 328 g/mol. The first-order valence-corrected chi connectivity index (χ1v) is 10.6. The van der Waals surface area contributed by atoms with Crippen LogP contribution < -0.4 is 5.32 Å². The number of sulfone groups is 1. The molecular weight excluding hydrogens is 302 g/mol. The summed E-state index contributed by atoms with van der Waals surface area (Å²) < 4.78 is 24.0. The molecule has 0 spiro atoms. The van der Waals surface area contributed by atoms with E-state index in [0.717, 1.165) is 10.9 Å². The molecule has 1 aliphatic carbocycles. The molecule has 0 saturated heterocycles. The zero-order chi connectivity index (χ0) is 15.3. The third-order valence-electron chi connectivity index (χ3n) is 4.02. The summed E-state index contributed by atoms with van der Waals surface area (Å²) in [6.45, 7) is 1.89. The molecule has 1 aromatic carbocycles. The van der Waals surface area contributed by atoms with E-state index in [0.29, 0.717) is 17.4 Å². The van der Waals surface area contributed by atoms with Gasteiger partial charge in [-0.25, -0.2) is 8.42 Å². The van der Waals surface area contributed by atoms with E-state index in [1.54, 1.807) is 12.1 Å². The van der Waals surface area contributed by atoms with E-state index in [2.05, 4.69) is 11.6 Å². The molecule has 2 unspecified atom stereocenters. The maximum atomic E-state index is 12.0. The molecule has 1 aromatic rings. The maximum Gasteiger partial charge on any atom is 0.178 e. The van der Waals surface area contributed by atoms with Crippen molar-refractivity contribution in [3.8, 4) is 0 Å². The van der Waals surface area contributed by atoms with Gasteiger partial charge in [0.15, 0.2) is 9.84 Å². The second kappa shape index (κ2) is 7.54. The molecule has 118 valence electrons. The highest BCUT2D eigenvalue weighted by atomic mass is 32.2. The molecular formula is C16H25NO2S2. The summed E-state index contributed by atoms with van der Waals surface area (Å²) in [4.78, 5) is 0.431. The lowest BCUT2D eigenvalue weighted by atomic mass is 9.95. The summed E-state index contributed by atoms with van der Waals surface area (Å²) in [5.74, 6) is 0.220. The van der Waals surface area contributed by atoms with Crippen LogP contribution in [0, 0.1) is 0 Å². The van der Waals surface area contributed by atoms with E-state index < -0.39 is 9.84 Å². The standard InChI is InChI=1S/C16H25NO2S2/c1-3-11-21(18,19)16-9-7-13(8-10-16)17-14-5-4-6-15(12-14)20-2/h7-10,14-15,17H,3-6,11-12H2,1-2H3. The first-order valence-electron chi connectivity index (χ1n) is 7.67. The van der Waals surface area contributed by atoms with Crippen molar-refractivity contribution < 1.29 is 8.42 Å². The highest BCUT2D eigenvalue weighted by Gasteiger charge is 2.21. The van der Waals surface area contributed by atoms with Crippen LogP contribution in [0.15, 0.2) is 29.2 Å². The normalized spacial score (nSPS) is 23.0. The quantitative estimate of drug-likeness (QED) is 0.859. The molecule has 3 nitrogen and oxygen atoms in total. The van der Waals surface area contributed by atoms with Crippen LogP contribution in [0.2, 0.25) is 0 Å². The molecule has 2 atom stereocenters. The molecule has 1 saturated carbocycles. The summed E-state index contributed by atoms with van der Waals surface area (Å²) in [5.41, 5.74) is 1.03. The van der Waals surface area contributed by atoms with Crippen molar-refractivity contribution in [1.29, 1.82) is 0 Å². The van der Waals surface area contributed by atoms with Crippen LogP contribution in [0.5, 0.6) is 0 Å². The Labute approximate surface area is 132 Å². The Hall–Kier alpha value is -0.680. The van der Waals surface area contributed by atoms with Gasteiger partial charge in [0.05, 0.1) is 10.6 Å². The minimum atomic E-state index is -3.10. The van der Waals surface area contributed by atoms with Gasteiger partial charge in [-0.05, 0) is 56.2 Å². The minimum Gasteiger partial charge on any atom is -0.382 e. The van der Waals surface area contributed by atoms with Gasteiger partial charge in [0.1, 0.15) is 0 Å². The van der Waals surface area contributed by atoms with Gasteiger partial charge in [-0.1, -0.05) is 13.3 Å². The fourth-order valence-electron chi connectivity index (χ4n) is 2.87. The van der Waals surface area contributed by atoms with E-state index in [4.69, 9.17) is 0 Å².